The maximum atomic E-state index is 14.7. The van der Waals surface area contributed by atoms with Gasteiger partial charge in [0.05, 0.1) is 21.9 Å². The number of pyridine rings is 1. The average Bonchev–Trinajstić information content (AvgIpc) is 3.49. The van der Waals surface area contributed by atoms with Crippen molar-refractivity contribution in [2.75, 3.05) is 13.2 Å². The van der Waals surface area contributed by atoms with Crippen molar-refractivity contribution in [2.24, 2.45) is 0 Å². The Labute approximate surface area is 195 Å². The third-order valence-corrected chi connectivity index (χ3v) is 6.94. The largest absolute Gasteiger partial charge is 0.381 e. The smallest absolute Gasteiger partial charge is 0.236 e. The van der Waals surface area contributed by atoms with Crippen LogP contribution in [0.1, 0.15) is 23.7 Å². The van der Waals surface area contributed by atoms with Gasteiger partial charge in [-0.1, -0.05) is 0 Å². The van der Waals surface area contributed by atoms with Gasteiger partial charge in [0.2, 0.25) is 5.43 Å². The van der Waals surface area contributed by atoms with E-state index in [0.717, 1.165) is 40.9 Å². The molecule has 5 heterocycles. The van der Waals surface area contributed by atoms with Crippen LogP contribution in [0.3, 0.4) is 0 Å². The van der Waals surface area contributed by atoms with Gasteiger partial charge in [0, 0.05) is 36.7 Å². The van der Waals surface area contributed by atoms with Gasteiger partial charge in [-0.25, -0.2) is 23.4 Å². The minimum Gasteiger partial charge on any atom is -0.381 e. The zero-order chi connectivity index (χ0) is 23.4. The summed E-state index contributed by atoms with van der Waals surface area (Å²) in [5, 5.41) is 5.41. The van der Waals surface area contributed by atoms with Gasteiger partial charge in [0.1, 0.15) is 11.5 Å². The van der Waals surface area contributed by atoms with Crippen molar-refractivity contribution in [1.29, 1.82) is 0 Å². The summed E-state index contributed by atoms with van der Waals surface area (Å²) in [5.41, 5.74) is 1.32. The molecular weight excluding hydrogens is 460 g/mol. The lowest BCUT2D eigenvalue weighted by atomic mass is 10.0. The van der Waals surface area contributed by atoms with Crippen LogP contribution in [0.5, 0.6) is 0 Å². The molecule has 6 rings (SSSR count). The van der Waals surface area contributed by atoms with E-state index in [0.29, 0.717) is 17.2 Å². The molecule has 4 aromatic heterocycles. The second-order valence-corrected chi connectivity index (χ2v) is 9.27. The zero-order valence-electron chi connectivity index (χ0n) is 18.0. The first-order valence-electron chi connectivity index (χ1n) is 10.7. The van der Waals surface area contributed by atoms with Crippen molar-refractivity contribution in [3.05, 3.63) is 76.0 Å². The number of hydrogen-bond donors (Lipinski definition) is 0. The molecule has 1 atom stereocenters. The summed E-state index contributed by atoms with van der Waals surface area (Å²) < 4.78 is 35.9. The number of benzene rings is 1. The van der Waals surface area contributed by atoms with Crippen molar-refractivity contribution in [3.8, 4) is 16.3 Å². The number of aryl methyl sites for hydroxylation is 1. The fourth-order valence-corrected chi connectivity index (χ4v) is 5.12. The number of halogens is 2. The van der Waals surface area contributed by atoms with E-state index in [1.807, 2.05) is 12.1 Å². The minimum absolute atomic E-state index is 0.0288. The van der Waals surface area contributed by atoms with Crippen molar-refractivity contribution >= 4 is 32.6 Å². The Hall–Kier alpha value is -3.63. The average molecular weight is 477 g/mol. The van der Waals surface area contributed by atoms with Crippen LogP contribution in [0.2, 0.25) is 0 Å². The van der Waals surface area contributed by atoms with Gasteiger partial charge in [-0.3, -0.25) is 9.78 Å². The molecule has 1 fully saturated rings. The molecule has 10 heteroatoms. The quantitative estimate of drug-likeness (QED) is 0.379. The highest BCUT2D eigenvalue weighted by atomic mass is 32.1. The maximum absolute atomic E-state index is 14.7. The van der Waals surface area contributed by atoms with Crippen LogP contribution < -0.4 is 5.43 Å². The fourth-order valence-electron chi connectivity index (χ4n) is 4.13. The van der Waals surface area contributed by atoms with Gasteiger partial charge in [-0.15, -0.1) is 11.3 Å². The SMILES string of the molecule is Cc1cnc2c(=O)c(-c3cc4cc([C@@H]5CCOC5)ncc4s3)nn(-c3ccc(F)cc3F)c2n1. The first-order valence-corrected chi connectivity index (χ1v) is 11.5. The summed E-state index contributed by atoms with van der Waals surface area (Å²) in [6, 6.07) is 7.05. The molecule has 0 spiro atoms. The molecule has 0 radical (unpaired) electrons. The van der Waals surface area contributed by atoms with Crippen LogP contribution in [0.4, 0.5) is 8.78 Å². The van der Waals surface area contributed by atoms with Gasteiger partial charge < -0.3 is 4.74 Å². The fraction of sp³-hybridized carbons (Fsp3) is 0.208. The lowest BCUT2D eigenvalue weighted by Gasteiger charge is -2.11. The van der Waals surface area contributed by atoms with Gasteiger partial charge >= 0.3 is 0 Å². The first-order chi connectivity index (χ1) is 16.5. The van der Waals surface area contributed by atoms with E-state index in [2.05, 4.69) is 20.1 Å². The summed E-state index contributed by atoms with van der Waals surface area (Å²) in [4.78, 5) is 27.2. The van der Waals surface area contributed by atoms with Crippen LogP contribution in [-0.2, 0) is 4.74 Å². The molecule has 7 nitrogen and oxygen atoms in total. The van der Waals surface area contributed by atoms with Crippen molar-refractivity contribution < 1.29 is 13.5 Å². The molecule has 5 aromatic rings. The van der Waals surface area contributed by atoms with Crippen molar-refractivity contribution in [3.63, 3.8) is 0 Å². The highest BCUT2D eigenvalue weighted by Gasteiger charge is 2.22. The number of aromatic nitrogens is 5. The third-order valence-electron chi connectivity index (χ3n) is 5.85. The van der Waals surface area contributed by atoms with Crippen LogP contribution in [-0.4, -0.2) is 37.9 Å². The second kappa shape index (κ2) is 8.00. The molecule has 0 unspecified atom stereocenters. The predicted molar refractivity (Wildman–Crippen MR) is 124 cm³/mol. The Bertz CT molecular complexity index is 1640. The molecule has 0 aliphatic carbocycles. The molecule has 1 aliphatic heterocycles. The lowest BCUT2D eigenvalue weighted by Crippen LogP contribution is -2.18. The normalized spacial score (nSPS) is 16.0. The highest BCUT2D eigenvalue weighted by molar-refractivity contribution is 7.22. The number of nitrogens with zero attached hydrogens (tertiary/aromatic N) is 5. The van der Waals surface area contributed by atoms with E-state index < -0.39 is 17.1 Å². The number of thiophene rings is 1. The van der Waals surface area contributed by atoms with Gasteiger partial charge in [-0.05, 0) is 43.0 Å². The number of hydrogen-bond acceptors (Lipinski definition) is 7. The lowest BCUT2D eigenvalue weighted by molar-refractivity contribution is 0.193. The zero-order valence-corrected chi connectivity index (χ0v) is 18.8. The third kappa shape index (κ3) is 3.46. The Kier molecular flexibility index (Phi) is 4.93. The number of fused-ring (bicyclic) bond motifs is 2. The minimum atomic E-state index is -0.823. The van der Waals surface area contributed by atoms with Crippen molar-refractivity contribution in [2.45, 2.75) is 19.3 Å². The van der Waals surface area contributed by atoms with Gasteiger partial charge in [0.15, 0.2) is 22.7 Å². The summed E-state index contributed by atoms with van der Waals surface area (Å²) in [6.07, 6.45) is 4.19. The first kappa shape index (κ1) is 20.9. The summed E-state index contributed by atoms with van der Waals surface area (Å²) in [5.74, 6) is -1.28. The monoisotopic (exact) mass is 477 g/mol. The Morgan fingerprint density at radius 3 is 2.82 bits per heavy atom. The van der Waals surface area contributed by atoms with E-state index in [-0.39, 0.29) is 28.5 Å². The summed E-state index contributed by atoms with van der Waals surface area (Å²) >= 11 is 1.37. The van der Waals surface area contributed by atoms with Gasteiger partial charge in [0.25, 0.3) is 0 Å². The molecule has 0 bridgehead atoms. The van der Waals surface area contributed by atoms with E-state index in [9.17, 15) is 13.6 Å². The highest BCUT2D eigenvalue weighted by Crippen LogP contribution is 2.34. The summed E-state index contributed by atoms with van der Waals surface area (Å²) in [6.45, 7) is 3.08. The van der Waals surface area contributed by atoms with Crippen LogP contribution in [0.25, 0.3) is 37.5 Å². The predicted octanol–water partition coefficient (Wildman–Crippen LogP) is 4.54. The molecule has 1 aliphatic rings. The molecule has 0 amide bonds. The Morgan fingerprint density at radius 1 is 1.15 bits per heavy atom. The topological polar surface area (TPSA) is 82.8 Å². The molecular formula is C24H17F2N5O2S. The second-order valence-electron chi connectivity index (χ2n) is 8.19. The van der Waals surface area contributed by atoms with Gasteiger partial charge in [-0.2, -0.15) is 5.10 Å². The molecule has 0 N–H and O–H groups in total. The molecule has 170 valence electrons. The number of ether oxygens (including phenoxy) is 1. The van der Waals surface area contributed by atoms with E-state index in [1.54, 1.807) is 13.1 Å². The maximum Gasteiger partial charge on any atom is 0.236 e. The van der Waals surface area contributed by atoms with E-state index in [4.69, 9.17) is 4.74 Å². The molecule has 34 heavy (non-hydrogen) atoms. The number of rotatable bonds is 3. The van der Waals surface area contributed by atoms with E-state index in [1.165, 1.54) is 28.3 Å². The van der Waals surface area contributed by atoms with Crippen LogP contribution in [0.15, 0.2) is 47.5 Å². The van der Waals surface area contributed by atoms with Crippen LogP contribution >= 0.6 is 11.3 Å². The Balaban J connectivity index is 1.57. The molecule has 0 saturated carbocycles. The summed E-state index contributed by atoms with van der Waals surface area (Å²) in [7, 11) is 0. The van der Waals surface area contributed by atoms with Crippen molar-refractivity contribution in [1.82, 2.24) is 24.7 Å². The Morgan fingerprint density at radius 2 is 2.03 bits per heavy atom. The molecule has 1 aromatic carbocycles. The molecule has 1 saturated heterocycles. The standard InChI is InChI=1S/C24H17F2N5O2S/c1-12-9-28-22-23(32)21(30-31(24(22)29-12)18-3-2-15(25)8-16(18)26)19-7-14-6-17(13-4-5-33-11-13)27-10-20(14)34-19/h2-3,6-10,13H,4-5,11H2,1H3/t13-/m1/s1. The van der Waals surface area contributed by atoms with E-state index >= 15 is 0 Å². The van der Waals surface area contributed by atoms with Crippen LogP contribution in [0, 0.1) is 18.6 Å².